The first-order valence-corrected chi connectivity index (χ1v) is 6.06. The van der Waals surface area contributed by atoms with Gasteiger partial charge in [0, 0.05) is 10.8 Å². The number of hydrogen-bond acceptors (Lipinski definition) is 6. The molecule has 0 saturated heterocycles. The van der Waals surface area contributed by atoms with Crippen LogP contribution in [0.25, 0.3) is 16.4 Å². The normalized spacial score (nSPS) is 10.7. The lowest BCUT2D eigenvalue weighted by Gasteiger charge is -2.09. The molecule has 104 valence electrons. The van der Waals surface area contributed by atoms with Crippen LogP contribution in [0, 0.1) is 28.4 Å². The topological polar surface area (TPSA) is 106 Å². The van der Waals surface area contributed by atoms with Crippen LogP contribution >= 0.6 is 0 Å². The Balaban J connectivity index is 2.41. The predicted molar refractivity (Wildman–Crippen MR) is 71.7 cm³/mol. The zero-order valence-electron chi connectivity index (χ0n) is 11.0. The first-order valence-electron chi connectivity index (χ1n) is 6.06. The minimum Gasteiger partial charge on any atom is -0.307 e. The molecule has 0 spiro atoms. The van der Waals surface area contributed by atoms with Crippen molar-refractivity contribution in [1.82, 2.24) is 14.6 Å². The summed E-state index contributed by atoms with van der Waals surface area (Å²) >= 11 is 0. The summed E-state index contributed by atoms with van der Waals surface area (Å²) in [5.74, 6) is 0.512. The number of pyridine rings is 1. The van der Waals surface area contributed by atoms with Gasteiger partial charge in [-0.15, -0.1) is 10.1 Å². The van der Waals surface area contributed by atoms with Crippen molar-refractivity contribution in [3.8, 4) is 6.07 Å². The lowest BCUT2D eigenvalue weighted by atomic mass is 10.1. The molecule has 0 saturated carbocycles. The summed E-state index contributed by atoms with van der Waals surface area (Å²) in [6, 6.07) is 9.30. The fraction of sp³-hybridized carbons (Fsp3) is 0.154. The minimum atomic E-state index is -0.897. The van der Waals surface area contributed by atoms with E-state index in [4.69, 9.17) is 0 Å². The standard InChI is InChI=1S/C13H9N5O3/c1-8-15-13-10-5-3-2-4-9(10)11(6-14)12(17(13)16-8)7-21-18(19)20/h2-5H,7H2,1H3. The van der Waals surface area contributed by atoms with Crippen molar-refractivity contribution >= 4 is 16.4 Å². The van der Waals surface area contributed by atoms with Crippen LogP contribution in [0.1, 0.15) is 17.1 Å². The van der Waals surface area contributed by atoms with E-state index in [1.165, 1.54) is 4.52 Å². The number of nitrogens with zero attached hydrogens (tertiary/aromatic N) is 5. The van der Waals surface area contributed by atoms with Gasteiger partial charge in [-0.05, 0) is 6.92 Å². The molecule has 2 heterocycles. The van der Waals surface area contributed by atoms with Crippen molar-refractivity contribution in [2.45, 2.75) is 13.5 Å². The van der Waals surface area contributed by atoms with Gasteiger partial charge in [0.25, 0.3) is 5.09 Å². The van der Waals surface area contributed by atoms with Crippen LogP contribution in [-0.4, -0.2) is 19.7 Å². The van der Waals surface area contributed by atoms with E-state index in [1.54, 1.807) is 19.1 Å². The van der Waals surface area contributed by atoms with E-state index >= 15 is 0 Å². The molecule has 1 aromatic carbocycles. The zero-order valence-corrected chi connectivity index (χ0v) is 11.0. The number of benzene rings is 1. The second kappa shape index (κ2) is 4.72. The molecule has 0 aliphatic heterocycles. The molecule has 0 aliphatic carbocycles. The SMILES string of the molecule is Cc1nc2c3ccccc3c(C#N)c(CO[N+](=O)[O-])n2n1. The minimum absolute atomic E-state index is 0.296. The van der Waals surface area contributed by atoms with E-state index < -0.39 is 5.09 Å². The van der Waals surface area contributed by atoms with Crippen LogP contribution in [0.2, 0.25) is 0 Å². The summed E-state index contributed by atoms with van der Waals surface area (Å²) in [5, 5.41) is 24.6. The van der Waals surface area contributed by atoms with E-state index in [9.17, 15) is 15.4 Å². The van der Waals surface area contributed by atoms with Gasteiger partial charge in [0.15, 0.2) is 5.65 Å². The maximum Gasteiger partial charge on any atom is 0.294 e. The molecule has 0 radical (unpaired) electrons. The molecule has 0 fully saturated rings. The second-order valence-corrected chi connectivity index (χ2v) is 4.37. The van der Waals surface area contributed by atoms with Crippen molar-refractivity contribution < 1.29 is 9.92 Å². The van der Waals surface area contributed by atoms with Gasteiger partial charge in [-0.3, -0.25) is 0 Å². The number of aromatic nitrogens is 3. The number of nitriles is 1. The largest absolute Gasteiger partial charge is 0.307 e. The summed E-state index contributed by atoms with van der Waals surface area (Å²) in [6.07, 6.45) is 0. The van der Waals surface area contributed by atoms with Crippen LogP contribution in [0.5, 0.6) is 0 Å². The maximum absolute atomic E-state index is 10.4. The van der Waals surface area contributed by atoms with Crippen LogP contribution in [-0.2, 0) is 11.4 Å². The number of hydrogen-bond donors (Lipinski definition) is 0. The Kier molecular flexibility index (Phi) is 2.88. The summed E-state index contributed by atoms with van der Waals surface area (Å²) in [7, 11) is 0. The number of fused-ring (bicyclic) bond motifs is 3. The number of rotatable bonds is 3. The Labute approximate surface area is 118 Å². The van der Waals surface area contributed by atoms with Crippen LogP contribution in [0.4, 0.5) is 0 Å². The average molecular weight is 283 g/mol. The van der Waals surface area contributed by atoms with Crippen molar-refractivity contribution in [2.24, 2.45) is 0 Å². The van der Waals surface area contributed by atoms with E-state index in [0.29, 0.717) is 28.1 Å². The third-order valence-corrected chi connectivity index (χ3v) is 3.11. The fourth-order valence-corrected chi connectivity index (χ4v) is 2.31. The van der Waals surface area contributed by atoms with Crippen LogP contribution in [0.15, 0.2) is 24.3 Å². The molecule has 0 unspecified atom stereocenters. The summed E-state index contributed by atoms with van der Waals surface area (Å²) in [6.45, 7) is 1.35. The van der Waals surface area contributed by atoms with E-state index in [-0.39, 0.29) is 6.61 Å². The molecule has 0 bridgehead atoms. The summed E-state index contributed by atoms with van der Waals surface area (Å²) < 4.78 is 1.43. The van der Waals surface area contributed by atoms with Gasteiger partial charge in [0.05, 0.1) is 11.3 Å². The molecule has 3 aromatic rings. The van der Waals surface area contributed by atoms with Gasteiger partial charge in [-0.1, -0.05) is 24.3 Å². The molecule has 0 aliphatic rings. The third-order valence-electron chi connectivity index (χ3n) is 3.11. The van der Waals surface area contributed by atoms with Gasteiger partial charge < -0.3 is 4.84 Å². The molecule has 2 aromatic heterocycles. The number of aryl methyl sites for hydroxylation is 1. The van der Waals surface area contributed by atoms with Gasteiger partial charge in [-0.2, -0.15) is 10.4 Å². The Morgan fingerprint density at radius 3 is 2.81 bits per heavy atom. The molecule has 3 rings (SSSR count). The first-order chi connectivity index (χ1) is 10.1. The van der Waals surface area contributed by atoms with Crippen LogP contribution in [0.3, 0.4) is 0 Å². The van der Waals surface area contributed by atoms with E-state index in [1.807, 2.05) is 12.1 Å². The predicted octanol–water partition coefficient (Wildman–Crippen LogP) is 1.77. The van der Waals surface area contributed by atoms with E-state index in [0.717, 1.165) is 5.39 Å². The highest BCUT2D eigenvalue weighted by Gasteiger charge is 2.17. The summed E-state index contributed by atoms with van der Waals surface area (Å²) in [4.78, 5) is 19.2. The van der Waals surface area contributed by atoms with Gasteiger partial charge in [0.1, 0.15) is 18.5 Å². The zero-order chi connectivity index (χ0) is 15.0. The third kappa shape index (κ3) is 2.01. The van der Waals surface area contributed by atoms with Gasteiger partial charge in [-0.25, -0.2) is 9.50 Å². The average Bonchev–Trinajstić information content (AvgIpc) is 2.85. The Hall–Kier alpha value is -3.21. The summed E-state index contributed by atoms with van der Waals surface area (Å²) in [5.41, 5.74) is 1.15. The highest BCUT2D eigenvalue weighted by Crippen LogP contribution is 2.26. The van der Waals surface area contributed by atoms with E-state index in [2.05, 4.69) is 21.0 Å². The lowest BCUT2D eigenvalue weighted by molar-refractivity contribution is -0.763. The Morgan fingerprint density at radius 1 is 1.43 bits per heavy atom. The van der Waals surface area contributed by atoms with Crippen molar-refractivity contribution in [3.63, 3.8) is 0 Å². The van der Waals surface area contributed by atoms with Gasteiger partial charge in [0.2, 0.25) is 0 Å². The molecule has 0 amide bonds. The molecule has 8 nitrogen and oxygen atoms in total. The second-order valence-electron chi connectivity index (χ2n) is 4.37. The molecule has 8 heteroatoms. The van der Waals surface area contributed by atoms with Crippen molar-refractivity contribution in [1.29, 1.82) is 5.26 Å². The lowest BCUT2D eigenvalue weighted by Crippen LogP contribution is -2.09. The maximum atomic E-state index is 10.4. The quantitative estimate of drug-likeness (QED) is 0.535. The smallest absolute Gasteiger partial charge is 0.294 e. The molecular weight excluding hydrogens is 274 g/mol. The Bertz CT molecular complexity index is 909. The molecule has 21 heavy (non-hydrogen) atoms. The Morgan fingerprint density at radius 2 is 2.14 bits per heavy atom. The molecular formula is C13H9N5O3. The van der Waals surface area contributed by atoms with Gasteiger partial charge >= 0.3 is 0 Å². The van der Waals surface area contributed by atoms with Crippen molar-refractivity contribution in [3.05, 3.63) is 51.5 Å². The first kappa shape index (κ1) is 12.8. The van der Waals surface area contributed by atoms with Crippen LogP contribution < -0.4 is 0 Å². The van der Waals surface area contributed by atoms with Crippen molar-refractivity contribution in [2.75, 3.05) is 0 Å². The highest BCUT2D eigenvalue weighted by atomic mass is 16.9. The monoisotopic (exact) mass is 283 g/mol. The molecule has 0 N–H and O–H groups in total. The molecule has 0 atom stereocenters. The fourth-order valence-electron chi connectivity index (χ4n) is 2.31. The highest BCUT2D eigenvalue weighted by molar-refractivity contribution is 5.98.